The zero-order valence-corrected chi connectivity index (χ0v) is 10.9. The minimum absolute atomic E-state index is 0.533. The lowest BCUT2D eigenvalue weighted by atomic mass is 10.00. The maximum absolute atomic E-state index is 3.55. The largest absolute Gasteiger partial charge is 0.310 e. The summed E-state index contributed by atoms with van der Waals surface area (Å²) >= 11 is 0. The second-order valence-electron chi connectivity index (χ2n) is 4.39. The molecule has 0 aromatic heterocycles. The molecule has 1 nitrogen and oxygen atoms in total. The van der Waals surface area contributed by atoms with E-state index in [4.69, 9.17) is 0 Å². The van der Waals surface area contributed by atoms with Gasteiger partial charge in [-0.25, -0.2) is 0 Å². The molecule has 0 spiro atoms. The number of benzene rings is 1. The van der Waals surface area contributed by atoms with Crippen molar-refractivity contribution in [2.75, 3.05) is 6.54 Å². The van der Waals surface area contributed by atoms with Crippen LogP contribution in [0.4, 0.5) is 0 Å². The van der Waals surface area contributed by atoms with Crippen molar-refractivity contribution in [3.8, 4) is 0 Å². The summed E-state index contributed by atoms with van der Waals surface area (Å²) in [5.74, 6) is 0. The Bertz CT molecular complexity index is 270. The summed E-state index contributed by atoms with van der Waals surface area (Å²) in [5, 5.41) is 3.55. The van der Waals surface area contributed by atoms with E-state index in [9.17, 15) is 0 Å². The third-order valence-corrected chi connectivity index (χ3v) is 2.95. The van der Waals surface area contributed by atoms with Crippen molar-refractivity contribution in [3.05, 3.63) is 35.4 Å². The molecule has 1 atom stereocenters. The van der Waals surface area contributed by atoms with Gasteiger partial charge in [0.2, 0.25) is 0 Å². The molecule has 1 rings (SSSR count). The maximum atomic E-state index is 3.55. The average molecular weight is 219 g/mol. The van der Waals surface area contributed by atoms with Gasteiger partial charge in [-0.3, -0.25) is 0 Å². The van der Waals surface area contributed by atoms with Gasteiger partial charge >= 0.3 is 0 Å². The molecule has 1 unspecified atom stereocenters. The number of hydrogen-bond donors (Lipinski definition) is 1. The third kappa shape index (κ3) is 3.97. The molecule has 90 valence electrons. The van der Waals surface area contributed by atoms with Gasteiger partial charge in [-0.1, -0.05) is 57.9 Å². The molecule has 0 saturated heterocycles. The highest BCUT2D eigenvalue weighted by atomic mass is 14.9. The summed E-state index contributed by atoms with van der Waals surface area (Å²) in [4.78, 5) is 0. The minimum Gasteiger partial charge on any atom is -0.310 e. The lowest BCUT2D eigenvalue weighted by molar-refractivity contribution is 0.509. The standard InChI is InChI=1S/C15H25N/c1-4-7-13-9-11-14(12-10-13)15(8-5-2)16-6-3/h9-12,15-16H,4-8H2,1-3H3. The van der Waals surface area contributed by atoms with Crippen LogP contribution in [0.5, 0.6) is 0 Å². The maximum Gasteiger partial charge on any atom is 0.0320 e. The Hall–Kier alpha value is -0.820. The van der Waals surface area contributed by atoms with E-state index in [-0.39, 0.29) is 0 Å². The van der Waals surface area contributed by atoms with Gasteiger partial charge in [0.1, 0.15) is 0 Å². The van der Waals surface area contributed by atoms with Gasteiger partial charge in [-0.2, -0.15) is 0 Å². The van der Waals surface area contributed by atoms with E-state index in [2.05, 4.69) is 50.4 Å². The number of hydrogen-bond acceptors (Lipinski definition) is 1. The molecule has 0 saturated carbocycles. The van der Waals surface area contributed by atoms with Crippen molar-refractivity contribution in [1.29, 1.82) is 0 Å². The van der Waals surface area contributed by atoms with Crippen LogP contribution >= 0.6 is 0 Å². The van der Waals surface area contributed by atoms with E-state index in [1.54, 1.807) is 0 Å². The Balaban J connectivity index is 2.68. The normalized spacial score (nSPS) is 12.7. The molecule has 0 bridgehead atoms. The van der Waals surface area contributed by atoms with Crippen LogP contribution in [-0.2, 0) is 6.42 Å². The van der Waals surface area contributed by atoms with Crippen LogP contribution < -0.4 is 5.32 Å². The van der Waals surface area contributed by atoms with Gasteiger partial charge < -0.3 is 5.32 Å². The predicted molar refractivity (Wildman–Crippen MR) is 71.8 cm³/mol. The molecule has 0 fully saturated rings. The van der Waals surface area contributed by atoms with Crippen LogP contribution in [0.3, 0.4) is 0 Å². The monoisotopic (exact) mass is 219 g/mol. The summed E-state index contributed by atoms with van der Waals surface area (Å²) in [7, 11) is 0. The zero-order chi connectivity index (χ0) is 11.8. The smallest absolute Gasteiger partial charge is 0.0320 e. The topological polar surface area (TPSA) is 12.0 Å². The molecule has 1 N–H and O–H groups in total. The Kier molecular flexibility index (Phi) is 6.17. The fraction of sp³-hybridized carbons (Fsp3) is 0.600. The Morgan fingerprint density at radius 3 is 2.19 bits per heavy atom. The minimum atomic E-state index is 0.533. The lowest BCUT2D eigenvalue weighted by Gasteiger charge is -2.17. The lowest BCUT2D eigenvalue weighted by Crippen LogP contribution is -2.20. The van der Waals surface area contributed by atoms with E-state index in [0.29, 0.717) is 6.04 Å². The van der Waals surface area contributed by atoms with Gasteiger partial charge in [-0.05, 0) is 30.5 Å². The number of rotatable bonds is 7. The van der Waals surface area contributed by atoms with Crippen LogP contribution in [-0.4, -0.2) is 6.54 Å². The molecule has 0 radical (unpaired) electrons. The zero-order valence-electron chi connectivity index (χ0n) is 10.9. The first-order valence-electron chi connectivity index (χ1n) is 6.64. The molecule has 0 amide bonds. The van der Waals surface area contributed by atoms with Gasteiger partial charge in [0.05, 0.1) is 0 Å². The molecule has 1 aromatic carbocycles. The predicted octanol–water partition coefficient (Wildman–Crippen LogP) is 4.09. The number of nitrogens with one attached hydrogen (secondary N) is 1. The van der Waals surface area contributed by atoms with Gasteiger partial charge in [0.25, 0.3) is 0 Å². The fourth-order valence-corrected chi connectivity index (χ4v) is 2.13. The summed E-state index contributed by atoms with van der Waals surface area (Å²) in [6.45, 7) is 7.69. The second-order valence-corrected chi connectivity index (χ2v) is 4.39. The van der Waals surface area contributed by atoms with Crippen LogP contribution in [0.25, 0.3) is 0 Å². The average Bonchev–Trinajstić information content (AvgIpc) is 2.30. The quantitative estimate of drug-likeness (QED) is 0.728. The van der Waals surface area contributed by atoms with E-state index in [1.807, 2.05) is 0 Å². The van der Waals surface area contributed by atoms with Crippen molar-refractivity contribution in [2.45, 2.75) is 52.5 Å². The van der Waals surface area contributed by atoms with Gasteiger partial charge in [0.15, 0.2) is 0 Å². The molecule has 0 aliphatic rings. The van der Waals surface area contributed by atoms with Crippen molar-refractivity contribution in [2.24, 2.45) is 0 Å². The Labute approximate surface area is 100 Å². The molecule has 0 heterocycles. The summed E-state index contributed by atoms with van der Waals surface area (Å²) in [5.41, 5.74) is 2.89. The highest BCUT2D eigenvalue weighted by Gasteiger charge is 2.08. The molecule has 1 aromatic rings. The molecule has 1 heteroatoms. The van der Waals surface area contributed by atoms with Crippen molar-refractivity contribution in [1.82, 2.24) is 5.32 Å². The molecular formula is C15H25N. The van der Waals surface area contributed by atoms with E-state index >= 15 is 0 Å². The van der Waals surface area contributed by atoms with Crippen molar-refractivity contribution in [3.63, 3.8) is 0 Å². The molecule has 0 aliphatic carbocycles. The van der Waals surface area contributed by atoms with Crippen molar-refractivity contribution < 1.29 is 0 Å². The summed E-state index contributed by atoms with van der Waals surface area (Å²) in [6.07, 6.45) is 4.88. The number of aryl methyl sites for hydroxylation is 1. The third-order valence-electron chi connectivity index (χ3n) is 2.95. The van der Waals surface area contributed by atoms with Crippen LogP contribution in [0.15, 0.2) is 24.3 Å². The van der Waals surface area contributed by atoms with Crippen LogP contribution in [0.1, 0.15) is 57.2 Å². The highest BCUT2D eigenvalue weighted by Crippen LogP contribution is 2.19. The van der Waals surface area contributed by atoms with Gasteiger partial charge in [-0.15, -0.1) is 0 Å². The second kappa shape index (κ2) is 7.45. The summed E-state index contributed by atoms with van der Waals surface area (Å²) in [6, 6.07) is 9.66. The Morgan fingerprint density at radius 2 is 1.69 bits per heavy atom. The first-order chi connectivity index (χ1) is 7.81. The van der Waals surface area contributed by atoms with E-state index in [1.165, 1.54) is 36.8 Å². The van der Waals surface area contributed by atoms with E-state index < -0.39 is 0 Å². The fourth-order valence-electron chi connectivity index (χ4n) is 2.13. The first kappa shape index (κ1) is 13.2. The Morgan fingerprint density at radius 1 is 1.00 bits per heavy atom. The molecular weight excluding hydrogens is 194 g/mol. The molecule has 16 heavy (non-hydrogen) atoms. The molecule has 0 aliphatic heterocycles. The van der Waals surface area contributed by atoms with Gasteiger partial charge in [0, 0.05) is 6.04 Å². The van der Waals surface area contributed by atoms with Crippen LogP contribution in [0, 0.1) is 0 Å². The first-order valence-corrected chi connectivity index (χ1v) is 6.64. The highest BCUT2D eigenvalue weighted by molar-refractivity contribution is 5.25. The SMILES string of the molecule is CCCc1ccc(C(CCC)NCC)cc1. The van der Waals surface area contributed by atoms with E-state index in [0.717, 1.165) is 6.54 Å². The van der Waals surface area contributed by atoms with Crippen molar-refractivity contribution >= 4 is 0 Å². The summed E-state index contributed by atoms with van der Waals surface area (Å²) < 4.78 is 0. The van der Waals surface area contributed by atoms with Crippen LogP contribution in [0.2, 0.25) is 0 Å².